The summed E-state index contributed by atoms with van der Waals surface area (Å²) in [6.45, 7) is 0. The van der Waals surface area contributed by atoms with Gasteiger partial charge in [-0.15, -0.1) is 0 Å². The van der Waals surface area contributed by atoms with E-state index in [4.69, 9.17) is 16.9 Å². The molecule has 2 nitrogen and oxygen atoms in total. The zero-order valence-electron chi connectivity index (χ0n) is 7.96. The van der Waals surface area contributed by atoms with E-state index in [0.29, 0.717) is 0 Å². The SMILES string of the molecule is CN(C)[C@@H](C#N)c1c(F)cccc1Cl. The molecule has 0 aromatic heterocycles. The van der Waals surface area contributed by atoms with E-state index in [9.17, 15) is 4.39 Å². The van der Waals surface area contributed by atoms with Gasteiger partial charge in [-0.2, -0.15) is 5.26 Å². The minimum Gasteiger partial charge on any atom is -0.290 e. The monoisotopic (exact) mass is 212 g/mol. The highest BCUT2D eigenvalue weighted by atomic mass is 35.5. The van der Waals surface area contributed by atoms with Crippen molar-refractivity contribution in [3.63, 3.8) is 0 Å². The molecule has 1 aromatic carbocycles. The van der Waals surface area contributed by atoms with Crippen molar-refractivity contribution in [3.05, 3.63) is 34.6 Å². The Balaban J connectivity index is 3.24. The van der Waals surface area contributed by atoms with E-state index >= 15 is 0 Å². The van der Waals surface area contributed by atoms with E-state index in [0.717, 1.165) is 0 Å². The molecule has 0 aliphatic rings. The molecule has 0 bridgehead atoms. The number of halogens is 2. The number of nitriles is 1. The minimum atomic E-state index is -0.649. The van der Waals surface area contributed by atoms with Crippen LogP contribution in [0, 0.1) is 17.1 Å². The average Bonchev–Trinajstić information content (AvgIpc) is 2.10. The van der Waals surface area contributed by atoms with Crippen LogP contribution in [0.5, 0.6) is 0 Å². The molecule has 0 aliphatic carbocycles. The van der Waals surface area contributed by atoms with Crippen molar-refractivity contribution in [2.24, 2.45) is 0 Å². The molecule has 1 atom stereocenters. The first-order valence-electron chi connectivity index (χ1n) is 4.08. The van der Waals surface area contributed by atoms with Gasteiger partial charge >= 0.3 is 0 Å². The van der Waals surface area contributed by atoms with Crippen molar-refractivity contribution in [2.75, 3.05) is 14.1 Å². The smallest absolute Gasteiger partial charge is 0.130 e. The van der Waals surface area contributed by atoms with Crippen molar-refractivity contribution in [1.82, 2.24) is 4.90 Å². The number of nitrogens with zero attached hydrogens (tertiary/aromatic N) is 2. The predicted molar refractivity (Wildman–Crippen MR) is 53.5 cm³/mol. The van der Waals surface area contributed by atoms with Crippen molar-refractivity contribution >= 4 is 11.6 Å². The normalized spacial score (nSPS) is 12.6. The highest BCUT2D eigenvalue weighted by molar-refractivity contribution is 6.31. The van der Waals surface area contributed by atoms with Gasteiger partial charge in [-0.05, 0) is 26.2 Å². The fourth-order valence-electron chi connectivity index (χ4n) is 1.21. The van der Waals surface area contributed by atoms with E-state index in [1.807, 2.05) is 6.07 Å². The fraction of sp³-hybridized carbons (Fsp3) is 0.300. The van der Waals surface area contributed by atoms with Crippen LogP contribution in [0.2, 0.25) is 5.02 Å². The number of rotatable bonds is 2. The van der Waals surface area contributed by atoms with Crippen LogP contribution in [0.15, 0.2) is 18.2 Å². The molecule has 0 radical (unpaired) electrons. The van der Waals surface area contributed by atoms with Crippen LogP contribution in [0.25, 0.3) is 0 Å². The van der Waals surface area contributed by atoms with Gasteiger partial charge < -0.3 is 0 Å². The lowest BCUT2D eigenvalue weighted by Crippen LogP contribution is -2.19. The van der Waals surface area contributed by atoms with Crippen molar-refractivity contribution in [3.8, 4) is 6.07 Å². The van der Waals surface area contributed by atoms with Gasteiger partial charge in [-0.3, -0.25) is 4.90 Å². The number of hydrogen-bond acceptors (Lipinski definition) is 2. The number of hydrogen-bond donors (Lipinski definition) is 0. The first kappa shape index (κ1) is 11.0. The Bertz CT molecular complexity index is 351. The quantitative estimate of drug-likeness (QED) is 0.754. The van der Waals surface area contributed by atoms with Gasteiger partial charge in [0.1, 0.15) is 11.9 Å². The third-order valence-electron chi connectivity index (χ3n) is 1.91. The highest BCUT2D eigenvalue weighted by Crippen LogP contribution is 2.27. The molecule has 0 spiro atoms. The van der Waals surface area contributed by atoms with Crippen LogP contribution < -0.4 is 0 Å². The first-order chi connectivity index (χ1) is 6.57. The van der Waals surface area contributed by atoms with Gasteiger partial charge in [0.05, 0.1) is 6.07 Å². The van der Waals surface area contributed by atoms with Gasteiger partial charge in [0.25, 0.3) is 0 Å². The Labute approximate surface area is 87.5 Å². The molecule has 14 heavy (non-hydrogen) atoms. The molecule has 0 amide bonds. The summed E-state index contributed by atoms with van der Waals surface area (Å²) in [6.07, 6.45) is 0. The summed E-state index contributed by atoms with van der Waals surface area (Å²) in [7, 11) is 3.41. The Morgan fingerprint density at radius 1 is 1.50 bits per heavy atom. The maximum atomic E-state index is 13.4. The van der Waals surface area contributed by atoms with E-state index in [1.54, 1.807) is 25.1 Å². The molecule has 0 saturated carbocycles. The topological polar surface area (TPSA) is 27.0 Å². The molecule has 0 fully saturated rings. The van der Waals surface area contributed by atoms with E-state index < -0.39 is 11.9 Å². The second-order valence-electron chi connectivity index (χ2n) is 3.13. The third kappa shape index (κ3) is 2.03. The second-order valence-corrected chi connectivity index (χ2v) is 3.54. The Kier molecular flexibility index (Phi) is 3.45. The van der Waals surface area contributed by atoms with E-state index in [2.05, 4.69) is 0 Å². The molecular formula is C10H10ClFN2. The van der Waals surface area contributed by atoms with Crippen LogP contribution in [0.1, 0.15) is 11.6 Å². The molecule has 0 unspecified atom stereocenters. The maximum absolute atomic E-state index is 13.4. The van der Waals surface area contributed by atoms with Crippen molar-refractivity contribution < 1.29 is 4.39 Å². The van der Waals surface area contributed by atoms with Crippen LogP contribution in [0.3, 0.4) is 0 Å². The van der Waals surface area contributed by atoms with Crippen molar-refractivity contribution in [1.29, 1.82) is 5.26 Å². The standard InChI is InChI=1S/C10H10ClFN2/c1-14(2)9(6-13)10-7(11)4-3-5-8(10)12/h3-5,9H,1-2H3/t9-/m0/s1. The minimum absolute atomic E-state index is 0.238. The van der Waals surface area contributed by atoms with E-state index in [-0.39, 0.29) is 10.6 Å². The third-order valence-corrected chi connectivity index (χ3v) is 2.24. The lowest BCUT2D eigenvalue weighted by atomic mass is 10.1. The summed E-state index contributed by atoms with van der Waals surface area (Å²) >= 11 is 5.83. The summed E-state index contributed by atoms with van der Waals surface area (Å²) in [5.74, 6) is -0.447. The molecule has 0 aliphatic heterocycles. The molecule has 1 rings (SSSR count). The fourth-order valence-corrected chi connectivity index (χ4v) is 1.48. The van der Waals surface area contributed by atoms with Gasteiger partial charge in [-0.1, -0.05) is 17.7 Å². The van der Waals surface area contributed by atoms with Gasteiger partial charge in [0.15, 0.2) is 0 Å². The zero-order valence-corrected chi connectivity index (χ0v) is 8.72. The zero-order chi connectivity index (χ0) is 10.7. The largest absolute Gasteiger partial charge is 0.290 e. The molecule has 0 heterocycles. The lowest BCUT2D eigenvalue weighted by molar-refractivity contribution is 0.349. The molecule has 0 N–H and O–H groups in total. The number of benzene rings is 1. The van der Waals surface area contributed by atoms with Gasteiger partial charge in [0, 0.05) is 10.6 Å². The summed E-state index contributed by atoms with van der Waals surface area (Å²) in [5.41, 5.74) is 0.238. The second kappa shape index (κ2) is 4.41. The van der Waals surface area contributed by atoms with Crippen LogP contribution in [0.4, 0.5) is 4.39 Å². The van der Waals surface area contributed by atoms with E-state index in [1.165, 1.54) is 12.1 Å². The molecule has 1 aromatic rings. The maximum Gasteiger partial charge on any atom is 0.130 e. The van der Waals surface area contributed by atoms with Crippen LogP contribution in [-0.4, -0.2) is 19.0 Å². The molecule has 0 saturated heterocycles. The first-order valence-corrected chi connectivity index (χ1v) is 4.45. The Hall–Kier alpha value is -1.11. The summed E-state index contributed by atoms with van der Waals surface area (Å²) in [5, 5.41) is 9.16. The average molecular weight is 213 g/mol. The van der Waals surface area contributed by atoms with Crippen LogP contribution >= 0.6 is 11.6 Å². The molecular weight excluding hydrogens is 203 g/mol. The van der Waals surface area contributed by atoms with Crippen molar-refractivity contribution in [2.45, 2.75) is 6.04 Å². The highest BCUT2D eigenvalue weighted by Gasteiger charge is 2.20. The Morgan fingerprint density at radius 2 is 2.14 bits per heavy atom. The van der Waals surface area contributed by atoms with Gasteiger partial charge in [-0.25, -0.2) is 4.39 Å². The predicted octanol–water partition coefficient (Wildman–Crippen LogP) is 2.61. The van der Waals surface area contributed by atoms with Crippen LogP contribution in [-0.2, 0) is 0 Å². The summed E-state index contributed by atoms with van der Waals surface area (Å²) < 4.78 is 13.4. The summed E-state index contributed by atoms with van der Waals surface area (Å²) in [6, 6.07) is 5.75. The van der Waals surface area contributed by atoms with Gasteiger partial charge in [0.2, 0.25) is 0 Å². The molecule has 74 valence electrons. The molecule has 4 heteroatoms. The Morgan fingerprint density at radius 3 is 2.57 bits per heavy atom. The summed E-state index contributed by atoms with van der Waals surface area (Å²) in [4.78, 5) is 1.62. The lowest BCUT2D eigenvalue weighted by Gasteiger charge is -2.18.